The Balaban J connectivity index is 1.91. The number of carbonyl (C=O) groups excluding carboxylic acids is 2. The number of hydrogen-bond donors (Lipinski definition) is 1. The number of carbonyl (C=O) groups is 2. The summed E-state index contributed by atoms with van der Waals surface area (Å²) in [4.78, 5) is 27.9. The van der Waals surface area contributed by atoms with Crippen LogP contribution in [0.25, 0.3) is 6.08 Å². The number of ether oxygens (including phenoxy) is 2. The number of nitrogens with one attached hydrogen (secondary N) is 1. The fourth-order valence-electron chi connectivity index (χ4n) is 3.44. The molecule has 1 fully saturated rings. The van der Waals surface area contributed by atoms with Gasteiger partial charge >= 0.3 is 0 Å². The Morgan fingerprint density at radius 1 is 1.03 bits per heavy atom. The Hall–Kier alpha value is -2.80. The molecule has 2 amide bonds. The van der Waals surface area contributed by atoms with Gasteiger partial charge in [-0.2, -0.15) is 0 Å². The highest BCUT2D eigenvalue weighted by molar-refractivity contribution is 9.10. The van der Waals surface area contributed by atoms with Crippen LogP contribution in [0.2, 0.25) is 0 Å². The molecular weight excluding hydrogens is 460 g/mol. The van der Waals surface area contributed by atoms with E-state index < -0.39 is 0 Å². The Morgan fingerprint density at radius 3 is 2.29 bits per heavy atom. The van der Waals surface area contributed by atoms with Gasteiger partial charge in [-0.05, 0) is 66.8 Å². The third kappa shape index (κ3) is 5.88. The maximum absolute atomic E-state index is 13.3. The maximum atomic E-state index is 13.3. The molecule has 1 aliphatic rings. The second-order valence-electron chi connectivity index (χ2n) is 7.61. The van der Waals surface area contributed by atoms with Crippen LogP contribution in [0.4, 0.5) is 0 Å². The second-order valence-corrected chi connectivity index (χ2v) is 8.52. The summed E-state index contributed by atoms with van der Waals surface area (Å²) >= 11 is 3.37. The summed E-state index contributed by atoms with van der Waals surface area (Å²) in [7, 11) is 3.12. The standard InChI is InChI=1S/C24H27BrN2O4/c1-16-10-12-27(13-11-16)24(29)20(26-23(28)18-5-7-19(25)8-6-18)14-17-4-9-21(30-2)22(15-17)31-3/h4-9,14-16H,10-13H2,1-3H3,(H,26,28). The minimum Gasteiger partial charge on any atom is -0.493 e. The molecule has 2 aromatic carbocycles. The number of amides is 2. The number of hydrogen-bond acceptors (Lipinski definition) is 4. The molecule has 0 aliphatic carbocycles. The highest BCUT2D eigenvalue weighted by Crippen LogP contribution is 2.28. The van der Waals surface area contributed by atoms with E-state index in [4.69, 9.17) is 9.47 Å². The number of nitrogens with zero attached hydrogens (tertiary/aromatic N) is 1. The van der Waals surface area contributed by atoms with Crippen molar-refractivity contribution in [1.82, 2.24) is 10.2 Å². The van der Waals surface area contributed by atoms with Crippen molar-refractivity contribution in [3.8, 4) is 11.5 Å². The number of halogens is 1. The molecule has 31 heavy (non-hydrogen) atoms. The van der Waals surface area contributed by atoms with Crippen molar-refractivity contribution >= 4 is 33.8 Å². The summed E-state index contributed by atoms with van der Waals surface area (Å²) < 4.78 is 11.5. The lowest BCUT2D eigenvalue weighted by atomic mass is 9.99. The van der Waals surface area contributed by atoms with Crippen molar-refractivity contribution in [2.75, 3.05) is 27.3 Å². The van der Waals surface area contributed by atoms with Crippen LogP contribution < -0.4 is 14.8 Å². The van der Waals surface area contributed by atoms with Crippen LogP contribution in [-0.2, 0) is 4.79 Å². The third-order valence-electron chi connectivity index (χ3n) is 5.37. The molecule has 2 aromatic rings. The number of likely N-dealkylation sites (tertiary alicyclic amines) is 1. The van der Waals surface area contributed by atoms with Crippen LogP contribution >= 0.6 is 15.9 Å². The van der Waals surface area contributed by atoms with Gasteiger partial charge in [0.2, 0.25) is 0 Å². The Bertz CT molecular complexity index is 964. The fraction of sp³-hybridized carbons (Fsp3) is 0.333. The molecule has 0 unspecified atom stereocenters. The Labute approximate surface area is 191 Å². The molecular formula is C24H27BrN2O4. The molecule has 0 bridgehead atoms. The number of benzene rings is 2. The van der Waals surface area contributed by atoms with Crippen LogP contribution in [0.3, 0.4) is 0 Å². The topological polar surface area (TPSA) is 67.9 Å². The molecule has 0 atom stereocenters. The van der Waals surface area contributed by atoms with Gasteiger partial charge < -0.3 is 19.7 Å². The normalized spacial score (nSPS) is 14.8. The maximum Gasteiger partial charge on any atom is 0.270 e. The lowest BCUT2D eigenvalue weighted by molar-refractivity contribution is -0.128. The summed E-state index contributed by atoms with van der Waals surface area (Å²) in [6, 6.07) is 12.4. The van der Waals surface area contributed by atoms with E-state index in [-0.39, 0.29) is 17.5 Å². The van der Waals surface area contributed by atoms with Crippen molar-refractivity contribution in [3.05, 3.63) is 63.8 Å². The van der Waals surface area contributed by atoms with E-state index in [1.807, 2.05) is 6.07 Å². The van der Waals surface area contributed by atoms with Crippen molar-refractivity contribution in [1.29, 1.82) is 0 Å². The van der Waals surface area contributed by atoms with Gasteiger partial charge in [0.25, 0.3) is 11.8 Å². The largest absolute Gasteiger partial charge is 0.493 e. The number of methoxy groups -OCH3 is 2. The second kappa shape index (κ2) is 10.5. The molecule has 1 N–H and O–H groups in total. The zero-order valence-corrected chi connectivity index (χ0v) is 19.6. The number of rotatable bonds is 6. The fourth-order valence-corrected chi connectivity index (χ4v) is 3.70. The molecule has 0 spiro atoms. The molecule has 1 saturated heterocycles. The molecule has 1 aliphatic heterocycles. The van der Waals surface area contributed by atoms with E-state index in [0.717, 1.165) is 22.9 Å². The summed E-state index contributed by atoms with van der Waals surface area (Å²) in [5.41, 5.74) is 1.43. The van der Waals surface area contributed by atoms with Crippen molar-refractivity contribution in [2.45, 2.75) is 19.8 Å². The molecule has 0 radical (unpaired) electrons. The van der Waals surface area contributed by atoms with Gasteiger partial charge in [0, 0.05) is 23.1 Å². The molecule has 6 nitrogen and oxygen atoms in total. The van der Waals surface area contributed by atoms with Gasteiger partial charge in [-0.15, -0.1) is 0 Å². The molecule has 164 valence electrons. The van der Waals surface area contributed by atoms with Gasteiger partial charge in [-0.3, -0.25) is 9.59 Å². The van der Waals surface area contributed by atoms with Gasteiger partial charge in [-0.25, -0.2) is 0 Å². The lowest BCUT2D eigenvalue weighted by Gasteiger charge is -2.31. The van der Waals surface area contributed by atoms with Gasteiger partial charge in [0.05, 0.1) is 14.2 Å². The molecule has 7 heteroatoms. The molecule has 0 saturated carbocycles. The SMILES string of the molecule is COc1ccc(C=C(NC(=O)c2ccc(Br)cc2)C(=O)N2CCC(C)CC2)cc1OC. The van der Waals surface area contributed by atoms with Crippen LogP contribution in [0.5, 0.6) is 11.5 Å². The van der Waals surface area contributed by atoms with E-state index in [1.165, 1.54) is 0 Å². The monoisotopic (exact) mass is 486 g/mol. The van der Waals surface area contributed by atoms with E-state index in [9.17, 15) is 9.59 Å². The summed E-state index contributed by atoms with van der Waals surface area (Å²) in [6.07, 6.45) is 3.59. The smallest absolute Gasteiger partial charge is 0.270 e. The first-order valence-corrected chi connectivity index (χ1v) is 11.0. The zero-order chi connectivity index (χ0) is 22.4. The third-order valence-corrected chi connectivity index (χ3v) is 5.90. The average molecular weight is 487 g/mol. The zero-order valence-electron chi connectivity index (χ0n) is 18.0. The molecule has 3 rings (SSSR count). The van der Waals surface area contributed by atoms with Crippen LogP contribution in [-0.4, -0.2) is 44.0 Å². The molecule has 0 aromatic heterocycles. The predicted molar refractivity (Wildman–Crippen MR) is 124 cm³/mol. The Morgan fingerprint density at radius 2 is 1.68 bits per heavy atom. The first-order valence-electron chi connectivity index (χ1n) is 10.2. The first-order chi connectivity index (χ1) is 14.9. The minimum absolute atomic E-state index is 0.188. The van der Waals surface area contributed by atoms with Crippen molar-refractivity contribution < 1.29 is 19.1 Å². The van der Waals surface area contributed by atoms with Crippen LogP contribution in [0.15, 0.2) is 52.6 Å². The quantitative estimate of drug-likeness (QED) is 0.610. The predicted octanol–water partition coefficient (Wildman–Crippen LogP) is 4.50. The van der Waals surface area contributed by atoms with E-state index in [1.54, 1.807) is 61.6 Å². The Kier molecular flexibility index (Phi) is 7.74. The average Bonchev–Trinajstić information content (AvgIpc) is 2.79. The van der Waals surface area contributed by atoms with E-state index in [2.05, 4.69) is 28.2 Å². The number of piperidine rings is 1. The lowest BCUT2D eigenvalue weighted by Crippen LogP contribution is -2.42. The highest BCUT2D eigenvalue weighted by atomic mass is 79.9. The van der Waals surface area contributed by atoms with E-state index in [0.29, 0.717) is 36.1 Å². The summed E-state index contributed by atoms with van der Waals surface area (Å²) in [6.45, 7) is 3.55. The van der Waals surface area contributed by atoms with Crippen LogP contribution in [0.1, 0.15) is 35.7 Å². The first kappa shape index (κ1) is 22.9. The van der Waals surface area contributed by atoms with Gasteiger partial charge in [0.15, 0.2) is 11.5 Å². The van der Waals surface area contributed by atoms with E-state index >= 15 is 0 Å². The van der Waals surface area contributed by atoms with Gasteiger partial charge in [0.1, 0.15) is 5.70 Å². The minimum atomic E-state index is -0.335. The molecule has 1 heterocycles. The van der Waals surface area contributed by atoms with Crippen molar-refractivity contribution in [3.63, 3.8) is 0 Å². The van der Waals surface area contributed by atoms with Crippen LogP contribution in [0, 0.1) is 5.92 Å². The van der Waals surface area contributed by atoms with Gasteiger partial charge in [-0.1, -0.05) is 28.9 Å². The van der Waals surface area contributed by atoms with Crippen molar-refractivity contribution in [2.24, 2.45) is 5.92 Å². The highest BCUT2D eigenvalue weighted by Gasteiger charge is 2.24. The summed E-state index contributed by atoms with van der Waals surface area (Å²) in [5, 5.41) is 2.82. The summed E-state index contributed by atoms with van der Waals surface area (Å²) in [5.74, 6) is 1.22.